The summed E-state index contributed by atoms with van der Waals surface area (Å²) in [5.41, 5.74) is -0.672. The van der Waals surface area contributed by atoms with Gasteiger partial charge in [0.1, 0.15) is 12.0 Å². The summed E-state index contributed by atoms with van der Waals surface area (Å²) < 4.78 is 57.6. The van der Waals surface area contributed by atoms with Crippen molar-refractivity contribution in [3.63, 3.8) is 0 Å². The van der Waals surface area contributed by atoms with E-state index in [1.165, 1.54) is 31.5 Å². The molecule has 0 atom stereocenters. The molecule has 0 N–H and O–H groups in total. The van der Waals surface area contributed by atoms with Gasteiger partial charge < -0.3 is 4.74 Å². The lowest BCUT2D eigenvalue weighted by atomic mass is 10.1. The van der Waals surface area contributed by atoms with Gasteiger partial charge in [0.15, 0.2) is 11.6 Å². The molecule has 0 aromatic heterocycles. The average molecular weight is 325 g/mol. The van der Waals surface area contributed by atoms with Crippen LogP contribution in [0.4, 0.5) is 17.6 Å². The second-order valence-corrected chi connectivity index (χ2v) is 4.59. The Morgan fingerprint density at radius 3 is 2.39 bits per heavy atom. The fraction of sp³-hybridized carbons (Fsp3) is 0.125. The number of halogens is 4. The summed E-state index contributed by atoms with van der Waals surface area (Å²) >= 11 is 0. The second kappa shape index (κ2) is 6.60. The van der Waals surface area contributed by atoms with E-state index in [1.54, 1.807) is 0 Å². The molecule has 0 radical (unpaired) electrons. The van der Waals surface area contributed by atoms with Crippen molar-refractivity contribution < 1.29 is 27.1 Å². The van der Waals surface area contributed by atoms with Gasteiger partial charge in [0.25, 0.3) is 0 Å². The minimum Gasteiger partial charge on any atom is -0.454 e. The number of aldehydes is 1. The SMILES string of the molecule is CN=Cc1cc(Oc2ccc(C=O)cc2F)cc(C(F)(F)F)c1. The summed E-state index contributed by atoms with van der Waals surface area (Å²) in [7, 11) is 1.42. The number of hydrogen-bond donors (Lipinski definition) is 0. The third-order valence-corrected chi connectivity index (χ3v) is 2.85. The smallest absolute Gasteiger partial charge is 0.416 e. The van der Waals surface area contributed by atoms with Gasteiger partial charge in [0.05, 0.1) is 5.56 Å². The molecule has 120 valence electrons. The van der Waals surface area contributed by atoms with Crippen LogP contribution in [-0.2, 0) is 6.18 Å². The molecular formula is C16H11F4NO2. The maximum absolute atomic E-state index is 13.8. The Bertz CT molecular complexity index is 754. The molecule has 0 saturated carbocycles. The zero-order valence-corrected chi connectivity index (χ0v) is 11.9. The molecule has 0 aliphatic heterocycles. The molecule has 0 amide bonds. The molecular weight excluding hydrogens is 314 g/mol. The summed E-state index contributed by atoms with van der Waals surface area (Å²) in [5.74, 6) is -1.32. The van der Waals surface area contributed by atoms with Crippen LogP contribution < -0.4 is 4.74 Å². The van der Waals surface area contributed by atoms with Crippen LogP contribution in [0.3, 0.4) is 0 Å². The number of hydrogen-bond acceptors (Lipinski definition) is 3. The van der Waals surface area contributed by atoms with Gasteiger partial charge in [-0.25, -0.2) is 4.39 Å². The minimum absolute atomic E-state index is 0.0951. The van der Waals surface area contributed by atoms with Crippen molar-refractivity contribution in [1.82, 2.24) is 0 Å². The molecule has 7 heteroatoms. The van der Waals surface area contributed by atoms with Gasteiger partial charge in [-0.3, -0.25) is 9.79 Å². The Hall–Kier alpha value is -2.70. The lowest BCUT2D eigenvalue weighted by Gasteiger charge is -2.12. The van der Waals surface area contributed by atoms with Gasteiger partial charge >= 0.3 is 6.18 Å². The zero-order valence-electron chi connectivity index (χ0n) is 11.9. The van der Waals surface area contributed by atoms with E-state index >= 15 is 0 Å². The van der Waals surface area contributed by atoms with Crippen LogP contribution in [0.5, 0.6) is 11.5 Å². The van der Waals surface area contributed by atoms with Crippen molar-refractivity contribution in [2.24, 2.45) is 4.99 Å². The highest BCUT2D eigenvalue weighted by Gasteiger charge is 2.31. The molecule has 0 bridgehead atoms. The Kier molecular flexibility index (Phi) is 4.78. The van der Waals surface area contributed by atoms with Gasteiger partial charge in [-0.2, -0.15) is 13.2 Å². The first-order valence-corrected chi connectivity index (χ1v) is 6.40. The third-order valence-electron chi connectivity index (χ3n) is 2.85. The highest BCUT2D eigenvalue weighted by atomic mass is 19.4. The van der Waals surface area contributed by atoms with E-state index in [1.807, 2.05) is 0 Å². The van der Waals surface area contributed by atoms with Crippen LogP contribution in [0, 0.1) is 5.82 Å². The molecule has 2 aromatic rings. The largest absolute Gasteiger partial charge is 0.454 e. The first kappa shape index (κ1) is 16.7. The molecule has 0 saturated heterocycles. The van der Waals surface area contributed by atoms with Crippen molar-refractivity contribution in [3.8, 4) is 11.5 Å². The van der Waals surface area contributed by atoms with Gasteiger partial charge in [0.2, 0.25) is 0 Å². The number of rotatable bonds is 4. The molecule has 2 rings (SSSR count). The van der Waals surface area contributed by atoms with E-state index in [0.29, 0.717) is 6.29 Å². The molecule has 2 aromatic carbocycles. The lowest BCUT2D eigenvalue weighted by Crippen LogP contribution is -2.06. The van der Waals surface area contributed by atoms with Crippen LogP contribution >= 0.6 is 0 Å². The predicted molar refractivity (Wildman–Crippen MR) is 76.8 cm³/mol. The molecule has 0 aliphatic carbocycles. The number of carbonyl (C=O) groups excluding carboxylic acids is 1. The maximum atomic E-state index is 13.8. The highest BCUT2D eigenvalue weighted by Crippen LogP contribution is 2.34. The normalized spacial score (nSPS) is 11.7. The molecule has 0 spiro atoms. The quantitative estimate of drug-likeness (QED) is 0.472. The molecule has 3 nitrogen and oxygen atoms in total. The molecule has 0 fully saturated rings. The van der Waals surface area contributed by atoms with E-state index < -0.39 is 17.6 Å². The van der Waals surface area contributed by atoms with Gasteiger partial charge in [-0.05, 0) is 42.0 Å². The Labute approximate surface area is 129 Å². The van der Waals surface area contributed by atoms with Crippen molar-refractivity contribution in [2.75, 3.05) is 7.05 Å². The van der Waals surface area contributed by atoms with Gasteiger partial charge in [0, 0.05) is 18.8 Å². The molecule has 0 unspecified atom stereocenters. The van der Waals surface area contributed by atoms with Crippen LogP contribution in [-0.4, -0.2) is 19.5 Å². The minimum atomic E-state index is -4.57. The number of alkyl halides is 3. The lowest BCUT2D eigenvalue weighted by molar-refractivity contribution is -0.137. The number of ether oxygens (including phenoxy) is 1. The van der Waals surface area contributed by atoms with E-state index in [4.69, 9.17) is 4.74 Å². The van der Waals surface area contributed by atoms with Gasteiger partial charge in [-0.1, -0.05) is 0 Å². The highest BCUT2D eigenvalue weighted by molar-refractivity contribution is 5.80. The first-order chi connectivity index (χ1) is 10.8. The predicted octanol–water partition coefficient (Wildman–Crippen LogP) is 4.50. The van der Waals surface area contributed by atoms with Crippen LogP contribution in [0.2, 0.25) is 0 Å². The zero-order chi connectivity index (χ0) is 17.0. The summed E-state index contributed by atoms with van der Waals surface area (Å²) in [6, 6.07) is 6.38. The molecule has 0 aliphatic rings. The third kappa shape index (κ3) is 4.15. The topological polar surface area (TPSA) is 38.7 Å². The summed E-state index contributed by atoms with van der Waals surface area (Å²) in [4.78, 5) is 14.2. The summed E-state index contributed by atoms with van der Waals surface area (Å²) in [5, 5.41) is 0. The number of benzene rings is 2. The fourth-order valence-corrected chi connectivity index (χ4v) is 1.87. The number of aliphatic imine (C=N–C) groups is 1. The van der Waals surface area contributed by atoms with Crippen LogP contribution in [0.25, 0.3) is 0 Å². The Morgan fingerprint density at radius 1 is 1.09 bits per heavy atom. The molecule has 23 heavy (non-hydrogen) atoms. The second-order valence-electron chi connectivity index (χ2n) is 4.59. The van der Waals surface area contributed by atoms with E-state index in [0.717, 1.165) is 18.2 Å². The molecule has 0 heterocycles. The fourth-order valence-electron chi connectivity index (χ4n) is 1.87. The van der Waals surface area contributed by atoms with Crippen molar-refractivity contribution in [2.45, 2.75) is 6.18 Å². The van der Waals surface area contributed by atoms with Crippen molar-refractivity contribution in [1.29, 1.82) is 0 Å². The van der Waals surface area contributed by atoms with Crippen molar-refractivity contribution >= 4 is 12.5 Å². The standard InChI is InChI=1S/C16H11F4NO2/c1-21-8-11-4-12(16(18,19)20)7-13(5-11)23-15-3-2-10(9-22)6-14(15)17/h2-9H,1H3. The Balaban J connectivity index is 2.42. The Morgan fingerprint density at radius 2 is 1.83 bits per heavy atom. The van der Waals surface area contributed by atoms with E-state index in [-0.39, 0.29) is 22.6 Å². The summed E-state index contributed by atoms with van der Waals surface area (Å²) in [6.45, 7) is 0. The van der Waals surface area contributed by atoms with Crippen molar-refractivity contribution in [3.05, 3.63) is 58.9 Å². The van der Waals surface area contributed by atoms with E-state index in [2.05, 4.69) is 4.99 Å². The van der Waals surface area contributed by atoms with E-state index in [9.17, 15) is 22.4 Å². The van der Waals surface area contributed by atoms with Crippen LogP contribution in [0.1, 0.15) is 21.5 Å². The average Bonchev–Trinajstić information content (AvgIpc) is 2.48. The first-order valence-electron chi connectivity index (χ1n) is 6.40. The van der Waals surface area contributed by atoms with Gasteiger partial charge in [-0.15, -0.1) is 0 Å². The number of nitrogens with zero attached hydrogens (tertiary/aromatic N) is 1. The van der Waals surface area contributed by atoms with Crippen LogP contribution in [0.15, 0.2) is 41.4 Å². The maximum Gasteiger partial charge on any atom is 0.416 e. The number of carbonyl (C=O) groups is 1. The summed E-state index contributed by atoms with van der Waals surface area (Å²) in [6.07, 6.45) is -2.89. The monoisotopic (exact) mass is 325 g/mol.